The van der Waals surface area contributed by atoms with Gasteiger partial charge in [-0.2, -0.15) is 0 Å². The van der Waals surface area contributed by atoms with Crippen molar-refractivity contribution in [3.05, 3.63) is 49.6 Å². The Morgan fingerprint density at radius 1 is 1.13 bits per heavy atom. The molecule has 2 bridgehead atoms. The van der Waals surface area contributed by atoms with Crippen LogP contribution in [-0.4, -0.2) is 94.1 Å². The van der Waals surface area contributed by atoms with Gasteiger partial charge in [-0.05, 0) is 63.8 Å². The Morgan fingerprint density at radius 2 is 1.82 bits per heavy atom. The highest BCUT2D eigenvalue weighted by Crippen LogP contribution is 2.60. The van der Waals surface area contributed by atoms with Crippen molar-refractivity contribution in [1.29, 1.82) is 0 Å². The summed E-state index contributed by atoms with van der Waals surface area (Å²) in [6, 6.07) is 6.45. The second kappa shape index (κ2) is 15.7. The zero-order chi connectivity index (χ0) is 32.7. The molecule has 10 heteroatoms. The van der Waals surface area contributed by atoms with E-state index in [9.17, 15) is 19.5 Å². The lowest BCUT2D eigenvalue weighted by Crippen LogP contribution is -2.58. The maximum Gasteiger partial charge on any atom is 0.248 e. The standard InChI is InChI=1S/C35H50BrN3O6/c1-6-14-24(5)37(19-7-2)34(43)31-35-23-27(36)30(45-35)28(29(35)33(42)39(31)21-12-10-11-13-22-40)32(41)38(20-8-3)25-15-17-26(18-16-25)44-9-4/h7-8,15-18,24,27-31,40H,2-3,6,9-14,19-23H2,1,4-5H3/t24?,27?,28-,29+,30-,31?,35?/m1/s1. The molecule has 0 radical (unpaired) electrons. The molecule has 248 valence electrons. The summed E-state index contributed by atoms with van der Waals surface area (Å²) in [7, 11) is 0. The molecule has 9 nitrogen and oxygen atoms in total. The first-order chi connectivity index (χ1) is 21.7. The first-order valence-corrected chi connectivity index (χ1v) is 17.4. The third-order valence-corrected chi connectivity index (χ3v) is 10.3. The fourth-order valence-electron chi connectivity index (χ4n) is 7.56. The average molecular weight is 689 g/mol. The second-order valence-electron chi connectivity index (χ2n) is 12.4. The summed E-state index contributed by atoms with van der Waals surface area (Å²) in [5.74, 6) is -1.40. The van der Waals surface area contributed by atoms with Crippen LogP contribution in [0, 0.1) is 11.8 Å². The summed E-state index contributed by atoms with van der Waals surface area (Å²) in [5, 5.41) is 9.24. The van der Waals surface area contributed by atoms with Gasteiger partial charge in [0.15, 0.2) is 0 Å². The van der Waals surface area contributed by atoms with Gasteiger partial charge in [-0.15, -0.1) is 13.2 Å². The van der Waals surface area contributed by atoms with Gasteiger partial charge in [-0.3, -0.25) is 14.4 Å². The molecular formula is C35H50BrN3O6. The number of carbonyl (C=O) groups is 3. The lowest BCUT2D eigenvalue weighted by molar-refractivity contribution is -0.149. The van der Waals surface area contributed by atoms with Crippen LogP contribution in [0.4, 0.5) is 5.69 Å². The molecule has 0 aliphatic carbocycles. The lowest BCUT2D eigenvalue weighted by atomic mass is 9.70. The number of carbonyl (C=O) groups excluding carboxylic acids is 3. The van der Waals surface area contributed by atoms with Gasteiger partial charge in [-0.25, -0.2) is 0 Å². The van der Waals surface area contributed by atoms with Crippen molar-refractivity contribution in [2.24, 2.45) is 11.8 Å². The van der Waals surface area contributed by atoms with E-state index < -0.39 is 29.6 Å². The van der Waals surface area contributed by atoms with Gasteiger partial charge in [0.05, 0.1) is 24.5 Å². The molecule has 45 heavy (non-hydrogen) atoms. The SMILES string of the molecule is C=CCN(C(=O)[C@H]1[C@@H]2OC3(CC2Br)C(C(=O)N(CC=C)C(C)CCC)N(CCCCCCO)C(=O)[C@H]13)c1ccc(OCC)cc1. The first kappa shape index (κ1) is 35.2. The van der Waals surface area contributed by atoms with Gasteiger partial charge < -0.3 is 29.3 Å². The molecule has 0 saturated carbocycles. The van der Waals surface area contributed by atoms with E-state index >= 15 is 0 Å². The molecule has 7 atom stereocenters. The molecule has 1 spiro atoms. The summed E-state index contributed by atoms with van der Waals surface area (Å²) >= 11 is 3.80. The average Bonchev–Trinajstić information content (AvgIpc) is 3.62. The van der Waals surface area contributed by atoms with Crippen LogP contribution in [0.1, 0.15) is 65.7 Å². The van der Waals surface area contributed by atoms with Gasteiger partial charge in [0.25, 0.3) is 0 Å². The number of aliphatic hydroxyl groups is 1. The van der Waals surface area contributed by atoms with E-state index in [4.69, 9.17) is 9.47 Å². The number of nitrogens with zero attached hydrogens (tertiary/aromatic N) is 3. The van der Waals surface area contributed by atoms with Crippen LogP contribution in [0.3, 0.4) is 0 Å². The predicted octanol–water partition coefficient (Wildman–Crippen LogP) is 5.11. The fourth-order valence-corrected chi connectivity index (χ4v) is 8.50. The van der Waals surface area contributed by atoms with Crippen molar-refractivity contribution in [3.63, 3.8) is 0 Å². The van der Waals surface area contributed by atoms with E-state index in [1.54, 1.807) is 22.0 Å². The van der Waals surface area contributed by atoms with Crippen molar-refractivity contribution in [2.45, 2.75) is 94.3 Å². The number of benzene rings is 1. The molecule has 3 aliphatic heterocycles. The molecule has 1 aromatic carbocycles. The number of hydrogen-bond donors (Lipinski definition) is 1. The topological polar surface area (TPSA) is 99.6 Å². The van der Waals surface area contributed by atoms with Crippen molar-refractivity contribution >= 4 is 39.3 Å². The van der Waals surface area contributed by atoms with Gasteiger partial charge in [-0.1, -0.05) is 54.3 Å². The highest BCUT2D eigenvalue weighted by molar-refractivity contribution is 9.09. The van der Waals surface area contributed by atoms with E-state index in [1.165, 1.54) is 0 Å². The minimum atomic E-state index is -1.12. The van der Waals surface area contributed by atoms with Crippen LogP contribution in [0.5, 0.6) is 5.75 Å². The van der Waals surface area contributed by atoms with E-state index in [1.807, 2.05) is 43.0 Å². The summed E-state index contributed by atoms with van der Waals surface area (Å²) < 4.78 is 12.4. The lowest BCUT2D eigenvalue weighted by Gasteiger charge is -2.39. The molecule has 1 N–H and O–H groups in total. The van der Waals surface area contributed by atoms with Crippen molar-refractivity contribution in [2.75, 3.05) is 37.7 Å². The van der Waals surface area contributed by atoms with Crippen LogP contribution in [0.25, 0.3) is 0 Å². The summed E-state index contributed by atoms with van der Waals surface area (Å²) in [5.41, 5.74) is -0.446. The number of rotatable bonds is 18. The largest absolute Gasteiger partial charge is 0.494 e. The third-order valence-electron chi connectivity index (χ3n) is 9.50. The number of anilines is 1. The van der Waals surface area contributed by atoms with E-state index in [0.29, 0.717) is 50.4 Å². The Morgan fingerprint density at radius 3 is 2.44 bits per heavy atom. The maximum atomic E-state index is 14.6. The molecular weight excluding hydrogens is 638 g/mol. The quantitative estimate of drug-likeness (QED) is 0.131. The summed E-state index contributed by atoms with van der Waals surface area (Å²) in [6.07, 6.45) is 8.10. The van der Waals surface area contributed by atoms with Crippen molar-refractivity contribution < 1.29 is 29.0 Å². The Bertz CT molecular complexity index is 1210. The Kier molecular flexibility index (Phi) is 12.3. The molecule has 3 saturated heterocycles. The van der Waals surface area contributed by atoms with Crippen molar-refractivity contribution in [3.8, 4) is 5.75 Å². The fraction of sp³-hybridized carbons (Fsp3) is 0.629. The highest BCUT2D eigenvalue weighted by atomic mass is 79.9. The van der Waals surface area contributed by atoms with E-state index in [0.717, 1.165) is 25.7 Å². The summed E-state index contributed by atoms with van der Waals surface area (Å²) in [4.78, 5) is 48.7. The number of halogens is 1. The number of alkyl halides is 1. The monoisotopic (exact) mass is 687 g/mol. The number of fused-ring (bicyclic) bond motifs is 1. The minimum absolute atomic E-state index is 0.0454. The van der Waals surface area contributed by atoms with Gasteiger partial charge in [0.2, 0.25) is 17.7 Å². The van der Waals surface area contributed by atoms with Gasteiger partial charge in [0, 0.05) is 42.8 Å². The molecule has 0 aromatic heterocycles. The zero-order valence-electron chi connectivity index (χ0n) is 27.0. The molecule has 3 amide bonds. The normalized spacial score (nSPS) is 27.3. The highest BCUT2D eigenvalue weighted by Gasteiger charge is 2.77. The molecule has 1 aromatic rings. The molecule has 3 aliphatic rings. The maximum absolute atomic E-state index is 14.6. The van der Waals surface area contributed by atoms with Crippen LogP contribution < -0.4 is 9.64 Å². The second-order valence-corrected chi connectivity index (χ2v) is 13.6. The van der Waals surface area contributed by atoms with Crippen LogP contribution in [0.15, 0.2) is 49.6 Å². The minimum Gasteiger partial charge on any atom is -0.494 e. The van der Waals surface area contributed by atoms with E-state index in [2.05, 4.69) is 36.0 Å². The molecule has 3 fully saturated rings. The van der Waals surface area contributed by atoms with Gasteiger partial charge in [0.1, 0.15) is 17.4 Å². The smallest absolute Gasteiger partial charge is 0.248 e. The number of likely N-dealkylation sites (tertiary alicyclic amines) is 1. The molecule has 4 rings (SSSR count). The van der Waals surface area contributed by atoms with E-state index in [-0.39, 0.29) is 41.7 Å². The number of amides is 3. The molecule has 3 heterocycles. The van der Waals surface area contributed by atoms with Crippen LogP contribution in [-0.2, 0) is 19.1 Å². The van der Waals surface area contributed by atoms with Gasteiger partial charge >= 0.3 is 0 Å². The number of unbranched alkanes of at least 4 members (excludes halogenated alkanes) is 3. The number of aliphatic hydroxyl groups excluding tert-OH is 1. The van der Waals surface area contributed by atoms with Crippen LogP contribution in [0.2, 0.25) is 0 Å². The van der Waals surface area contributed by atoms with Crippen molar-refractivity contribution in [1.82, 2.24) is 9.80 Å². The zero-order valence-corrected chi connectivity index (χ0v) is 28.6. The summed E-state index contributed by atoms with van der Waals surface area (Å²) in [6.45, 7) is 15.5. The van der Waals surface area contributed by atoms with Crippen LogP contribution >= 0.6 is 15.9 Å². The molecule has 4 unspecified atom stereocenters. The number of ether oxygens (including phenoxy) is 2. The first-order valence-electron chi connectivity index (χ1n) is 16.5. The third kappa shape index (κ3) is 6.88. The Hall–Kier alpha value is -2.69. The Balaban J connectivity index is 1.73. The number of hydrogen-bond acceptors (Lipinski definition) is 6. The predicted molar refractivity (Wildman–Crippen MR) is 179 cm³/mol. The Labute approximate surface area is 276 Å².